The van der Waals surface area contributed by atoms with Gasteiger partial charge in [-0.25, -0.2) is 9.97 Å². The van der Waals surface area contributed by atoms with Gasteiger partial charge in [0.2, 0.25) is 0 Å². The lowest BCUT2D eigenvalue weighted by molar-refractivity contribution is 0.0947. The average Bonchev–Trinajstić information content (AvgIpc) is 2.55. The summed E-state index contributed by atoms with van der Waals surface area (Å²) in [5, 5.41) is 6.12. The Morgan fingerprint density at radius 2 is 1.83 bits per heavy atom. The number of aryl methyl sites for hydroxylation is 2. The molecule has 2 aromatic rings. The van der Waals surface area contributed by atoms with Crippen LogP contribution in [-0.2, 0) is 0 Å². The van der Waals surface area contributed by atoms with E-state index in [0.717, 1.165) is 36.1 Å². The first-order valence-corrected chi connectivity index (χ1v) is 8.05. The molecule has 5 nitrogen and oxygen atoms in total. The zero-order valence-corrected chi connectivity index (χ0v) is 14.0. The molecule has 0 saturated carbocycles. The number of rotatable bonds is 7. The number of unbranched alkanes of at least 4 members (excludes halogenated alkanes) is 2. The lowest BCUT2D eigenvalue weighted by atomic mass is 10.1. The molecule has 1 aromatic heterocycles. The number of hydrogen-bond donors (Lipinski definition) is 2. The Hall–Kier alpha value is -2.43. The van der Waals surface area contributed by atoms with Crippen LogP contribution in [0.15, 0.2) is 30.6 Å². The summed E-state index contributed by atoms with van der Waals surface area (Å²) in [6.45, 7) is 6.90. The van der Waals surface area contributed by atoms with Gasteiger partial charge in [0.25, 0.3) is 5.91 Å². The van der Waals surface area contributed by atoms with E-state index in [2.05, 4.69) is 27.5 Å². The molecule has 0 aliphatic rings. The second kappa shape index (κ2) is 8.27. The lowest BCUT2D eigenvalue weighted by Crippen LogP contribution is -2.25. The van der Waals surface area contributed by atoms with Crippen molar-refractivity contribution in [3.63, 3.8) is 0 Å². The lowest BCUT2D eigenvalue weighted by Gasteiger charge is -2.11. The summed E-state index contributed by atoms with van der Waals surface area (Å²) in [5.74, 6) is 0.456. The van der Waals surface area contributed by atoms with Crippen molar-refractivity contribution >= 4 is 17.4 Å². The maximum atomic E-state index is 12.0. The standard InChI is InChI=1S/C18H24N4O/c1-4-5-6-10-19-18(23)15-11-21-16(12-20-15)22-17-13(2)8-7-9-14(17)3/h7-9,11-12H,4-6,10H2,1-3H3,(H,19,23)(H,21,22). The normalized spacial score (nSPS) is 10.4. The van der Waals surface area contributed by atoms with E-state index in [1.807, 2.05) is 32.0 Å². The molecule has 23 heavy (non-hydrogen) atoms. The van der Waals surface area contributed by atoms with Gasteiger partial charge in [-0.2, -0.15) is 0 Å². The molecule has 0 saturated heterocycles. The summed E-state index contributed by atoms with van der Waals surface area (Å²) in [5.41, 5.74) is 3.65. The molecule has 5 heteroatoms. The van der Waals surface area contributed by atoms with Crippen LogP contribution in [0, 0.1) is 13.8 Å². The van der Waals surface area contributed by atoms with Crippen LogP contribution >= 0.6 is 0 Å². The van der Waals surface area contributed by atoms with Gasteiger partial charge >= 0.3 is 0 Å². The van der Waals surface area contributed by atoms with Crippen molar-refractivity contribution in [1.82, 2.24) is 15.3 Å². The summed E-state index contributed by atoms with van der Waals surface area (Å²) in [6, 6.07) is 6.11. The predicted molar refractivity (Wildman–Crippen MR) is 93.1 cm³/mol. The quantitative estimate of drug-likeness (QED) is 0.764. The van der Waals surface area contributed by atoms with Crippen molar-refractivity contribution in [2.75, 3.05) is 11.9 Å². The Kier molecular flexibility index (Phi) is 6.09. The second-order valence-corrected chi connectivity index (χ2v) is 5.64. The van der Waals surface area contributed by atoms with Crippen LogP contribution in [0.25, 0.3) is 0 Å². The SMILES string of the molecule is CCCCCNC(=O)c1cnc(Nc2c(C)cccc2C)cn1. The number of para-hydroxylation sites is 1. The van der Waals surface area contributed by atoms with E-state index in [-0.39, 0.29) is 5.91 Å². The topological polar surface area (TPSA) is 66.9 Å². The van der Waals surface area contributed by atoms with Gasteiger partial charge < -0.3 is 10.6 Å². The molecule has 0 radical (unpaired) electrons. The fourth-order valence-electron chi connectivity index (χ4n) is 2.32. The molecule has 0 unspecified atom stereocenters. The third-order valence-electron chi connectivity index (χ3n) is 3.68. The van der Waals surface area contributed by atoms with Crippen molar-refractivity contribution in [3.8, 4) is 0 Å². The summed E-state index contributed by atoms with van der Waals surface area (Å²) in [6.07, 6.45) is 6.33. The predicted octanol–water partition coefficient (Wildman–Crippen LogP) is 3.76. The molecule has 1 amide bonds. The van der Waals surface area contributed by atoms with Crippen molar-refractivity contribution in [2.24, 2.45) is 0 Å². The van der Waals surface area contributed by atoms with Gasteiger partial charge in [-0.05, 0) is 31.4 Å². The Labute approximate surface area is 137 Å². The van der Waals surface area contributed by atoms with Gasteiger partial charge in [0.1, 0.15) is 11.5 Å². The van der Waals surface area contributed by atoms with Gasteiger partial charge in [0.15, 0.2) is 0 Å². The summed E-state index contributed by atoms with van der Waals surface area (Å²) in [7, 11) is 0. The molecule has 1 aromatic carbocycles. The fourth-order valence-corrected chi connectivity index (χ4v) is 2.32. The number of amides is 1. The van der Waals surface area contributed by atoms with Gasteiger partial charge in [-0.15, -0.1) is 0 Å². The van der Waals surface area contributed by atoms with E-state index in [4.69, 9.17) is 0 Å². The van der Waals surface area contributed by atoms with Crippen molar-refractivity contribution in [2.45, 2.75) is 40.0 Å². The number of aromatic nitrogens is 2. The van der Waals surface area contributed by atoms with E-state index in [1.54, 1.807) is 6.20 Å². The van der Waals surface area contributed by atoms with Crippen LogP contribution < -0.4 is 10.6 Å². The third kappa shape index (κ3) is 4.77. The minimum atomic E-state index is -0.174. The second-order valence-electron chi connectivity index (χ2n) is 5.64. The highest BCUT2D eigenvalue weighted by atomic mass is 16.1. The fraction of sp³-hybridized carbons (Fsp3) is 0.389. The van der Waals surface area contributed by atoms with E-state index in [1.165, 1.54) is 6.20 Å². The molecular formula is C18H24N4O. The number of nitrogens with zero attached hydrogens (tertiary/aromatic N) is 2. The molecule has 122 valence electrons. The van der Waals surface area contributed by atoms with E-state index >= 15 is 0 Å². The molecule has 0 fully saturated rings. The zero-order valence-electron chi connectivity index (χ0n) is 14.0. The van der Waals surface area contributed by atoms with Gasteiger partial charge in [0, 0.05) is 12.2 Å². The van der Waals surface area contributed by atoms with Crippen molar-refractivity contribution < 1.29 is 4.79 Å². The summed E-state index contributed by atoms with van der Waals surface area (Å²) < 4.78 is 0. The van der Waals surface area contributed by atoms with E-state index in [9.17, 15) is 4.79 Å². The first kappa shape index (κ1) is 16.9. The Morgan fingerprint density at radius 1 is 1.09 bits per heavy atom. The molecular weight excluding hydrogens is 288 g/mol. The minimum Gasteiger partial charge on any atom is -0.351 e. The monoisotopic (exact) mass is 312 g/mol. The Balaban J connectivity index is 1.98. The highest BCUT2D eigenvalue weighted by molar-refractivity contribution is 5.92. The van der Waals surface area contributed by atoms with Gasteiger partial charge in [-0.3, -0.25) is 4.79 Å². The first-order valence-electron chi connectivity index (χ1n) is 8.05. The summed E-state index contributed by atoms with van der Waals surface area (Å²) >= 11 is 0. The average molecular weight is 312 g/mol. The van der Waals surface area contributed by atoms with Crippen LogP contribution in [0.5, 0.6) is 0 Å². The molecule has 1 heterocycles. The molecule has 0 spiro atoms. The van der Waals surface area contributed by atoms with Crippen molar-refractivity contribution in [1.29, 1.82) is 0 Å². The highest BCUT2D eigenvalue weighted by Gasteiger charge is 2.08. The number of hydrogen-bond acceptors (Lipinski definition) is 4. The molecule has 0 aliphatic heterocycles. The first-order chi connectivity index (χ1) is 11.1. The van der Waals surface area contributed by atoms with Crippen LogP contribution in [-0.4, -0.2) is 22.4 Å². The van der Waals surface area contributed by atoms with Crippen LogP contribution in [0.3, 0.4) is 0 Å². The molecule has 2 rings (SSSR count). The maximum Gasteiger partial charge on any atom is 0.271 e. The minimum absolute atomic E-state index is 0.174. The number of anilines is 2. The van der Waals surface area contributed by atoms with Crippen molar-refractivity contribution in [3.05, 3.63) is 47.4 Å². The maximum absolute atomic E-state index is 12.0. The van der Waals surface area contributed by atoms with Gasteiger partial charge in [0.05, 0.1) is 12.4 Å². The number of carbonyl (C=O) groups is 1. The zero-order chi connectivity index (χ0) is 16.7. The van der Waals surface area contributed by atoms with Crippen LogP contribution in [0.4, 0.5) is 11.5 Å². The number of benzene rings is 1. The highest BCUT2D eigenvalue weighted by Crippen LogP contribution is 2.22. The van der Waals surface area contributed by atoms with E-state index in [0.29, 0.717) is 18.1 Å². The molecule has 2 N–H and O–H groups in total. The largest absolute Gasteiger partial charge is 0.351 e. The number of nitrogens with one attached hydrogen (secondary N) is 2. The van der Waals surface area contributed by atoms with Gasteiger partial charge in [-0.1, -0.05) is 38.0 Å². The summed E-state index contributed by atoms with van der Waals surface area (Å²) in [4.78, 5) is 20.4. The Bertz CT molecular complexity index is 632. The molecule has 0 aliphatic carbocycles. The van der Waals surface area contributed by atoms with E-state index < -0.39 is 0 Å². The van der Waals surface area contributed by atoms with Crippen LogP contribution in [0.2, 0.25) is 0 Å². The molecule has 0 atom stereocenters. The number of carbonyl (C=O) groups excluding carboxylic acids is 1. The molecule has 0 bridgehead atoms. The smallest absolute Gasteiger partial charge is 0.271 e. The third-order valence-corrected chi connectivity index (χ3v) is 3.68. The Morgan fingerprint density at radius 3 is 2.43 bits per heavy atom. The van der Waals surface area contributed by atoms with Crippen LogP contribution in [0.1, 0.15) is 47.8 Å².